The number of carbonyl (C=O) groups excluding carboxylic acids is 1. The number of pyridine rings is 1. The molecule has 0 saturated heterocycles. The summed E-state index contributed by atoms with van der Waals surface area (Å²) in [6.07, 6.45) is 1.61. The summed E-state index contributed by atoms with van der Waals surface area (Å²) in [6, 6.07) is 3.43. The maximum Gasteiger partial charge on any atom is 0.339 e. The van der Waals surface area contributed by atoms with Gasteiger partial charge in [-0.15, -0.1) is 21.5 Å². The van der Waals surface area contributed by atoms with Crippen molar-refractivity contribution in [1.29, 1.82) is 0 Å². The van der Waals surface area contributed by atoms with Gasteiger partial charge in [0, 0.05) is 11.8 Å². The summed E-state index contributed by atoms with van der Waals surface area (Å²) in [5.41, 5.74) is 1.67. The second-order valence-electron chi connectivity index (χ2n) is 4.02. The van der Waals surface area contributed by atoms with Gasteiger partial charge in [0.15, 0.2) is 11.5 Å². The van der Waals surface area contributed by atoms with Crippen molar-refractivity contribution in [3.63, 3.8) is 0 Å². The summed E-state index contributed by atoms with van der Waals surface area (Å²) in [4.78, 5) is 11.7. The highest BCUT2D eigenvalue weighted by Gasteiger charge is 2.18. The van der Waals surface area contributed by atoms with E-state index < -0.39 is 5.97 Å². The zero-order chi connectivity index (χ0) is 15.1. The van der Waals surface area contributed by atoms with Gasteiger partial charge in [-0.1, -0.05) is 11.6 Å². The van der Waals surface area contributed by atoms with E-state index in [1.54, 1.807) is 10.6 Å². The summed E-state index contributed by atoms with van der Waals surface area (Å²) < 4.78 is 8.26. The Morgan fingerprint density at radius 1 is 1.38 bits per heavy atom. The first-order valence-electron chi connectivity index (χ1n) is 5.59. The van der Waals surface area contributed by atoms with Gasteiger partial charge in [0.05, 0.1) is 25.3 Å². The Balaban J connectivity index is 2.27. The molecule has 0 N–H and O–H groups in total. The van der Waals surface area contributed by atoms with Crippen LogP contribution in [0.25, 0.3) is 17.0 Å². The second kappa shape index (κ2) is 5.68. The minimum atomic E-state index is -0.469. The molecule has 5 nitrogen and oxygen atoms in total. The van der Waals surface area contributed by atoms with E-state index in [1.165, 1.54) is 24.5 Å². The smallest absolute Gasteiger partial charge is 0.339 e. The minimum absolute atomic E-state index is 0.335. The lowest BCUT2D eigenvalue weighted by atomic mass is 10.2. The number of rotatable bonds is 2. The Hall–Kier alpha value is -0.960. The molecule has 3 rings (SSSR count). The Morgan fingerprint density at radius 3 is 2.76 bits per heavy atom. The molecule has 9 heteroatoms. The molecule has 0 aliphatic carbocycles. The number of hydrogen-bond donors (Lipinski definition) is 0. The van der Waals surface area contributed by atoms with Crippen molar-refractivity contribution in [1.82, 2.24) is 14.6 Å². The fraction of sp³-hybridized carbons (Fsp3) is 0.0833. The van der Waals surface area contributed by atoms with Gasteiger partial charge in [-0.25, -0.2) is 4.79 Å². The number of halogens is 3. The first-order valence-corrected chi connectivity index (χ1v) is 8.37. The molecule has 0 atom stereocenters. The van der Waals surface area contributed by atoms with Gasteiger partial charge in [-0.05, 0) is 44.0 Å². The van der Waals surface area contributed by atoms with Crippen molar-refractivity contribution in [3.05, 3.63) is 36.5 Å². The van der Waals surface area contributed by atoms with Gasteiger partial charge in [0.1, 0.15) is 0 Å². The predicted molar refractivity (Wildman–Crippen MR) is 88.0 cm³/mol. The molecule has 0 bridgehead atoms. The molecule has 0 aromatic carbocycles. The van der Waals surface area contributed by atoms with Crippen LogP contribution in [0.15, 0.2) is 25.9 Å². The number of methoxy groups -OCH3 is 1. The summed E-state index contributed by atoms with van der Waals surface area (Å²) in [7, 11) is 1.32. The molecule has 0 spiro atoms. The van der Waals surface area contributed by atoms with Gasteiger partial charge in [-0.3, -0.25) is 4.40 Å². The molecule has 3 heterocycles. The molecule has 0 saturated carbocycles. The van der Waals surface area contributed by atoms with Crippen LogP contribution in [-0.2, 0) is 4.74 Å². The van der Waals surface area contributed by atoms with Gasteiger partial charge in [-0.2, -0.15) is 0 Å². The number of thiophene rings is 1. The highest BCUT2D eigenvalue weighted by Crippen LogP contribution is 2.38. The van der Waals surface area contributed by atoms with E-state index in [-0.39, 0.29) is 0 Å². The van der Waals surface area contributed by atoms with Crippen LogP contribution in [-0.4, -0.2) is 27.7 Å². The van der Waals surface area contributed by atoms with Crippen molar-refractivity contribution in [3.8, 4) is 11.4 Å². The number of carbonyl (C=O) groups is 1. The molecule has 0 fully saturated rings. The highest BCUT2D eigenvalue weighted by molar-refractivity contribution is 9.12. The third kappa shape index (κ3) is 2.61. The van der Waals surface area contributed by atoms with Crippen molar-refractivity contribution in [2.45, 2.75) is 0 Å². The molecule has 0 unspecified atom stereocenters. The number of esters is 1. The highest BCUT2D eigenvalue weighted by atomic mass is 79.9. The van der Waals surface area contributed by atoms with E-state index in [0.717, 1.165) is 13.1 Å². The first-order chi connectivity index (χ1) is 10.0. The lowest BCUT2D eigenvalue weighted by Crippen LogP contribution is -2.03. The van der Waals surface area contributed by atoms with Crippen LogP contribution in [0, 0.1) is 0 Å². The van der Waals surface area contributed by atoms with Crippen molar-refractivity contribution in [2.24, 2.45) is 0 Å². The molecule has 0 radical (unpaired) electrons. The predicted octanol–water partition coefficient (Wildman–Crippen LogP) is 4.42. The summed E-state index contributed by atoms with van der Waals surface area (Å²) in [6.45, 7) is 0. The third-order valence-corrected chi connectivity index (χ3v) is 5.40. The van der Waals surface area contributed by atoms with Crippen LogP contribution >= 0.6 is 54.8 Å². The fourth-order valence-electron chi connectivity index (χ4n) is 1.86. The number of aromatic nitrogens is 3. The molecule has 0 amide bonds. The fourth-order valence-corrected chi connectivity index (χ4v) is 4.90. The molecule has 0 aliphatic rings. The van der Waals surface area contributed by atoms with Gasteiger partial charge in [0.2, 0.25) is 0 Å². The van der Waals surface area contributed by atoms with E-state index >= 15 is 0 Å². The van der Waals surface area contributed by atoms with Crippen molar-refractivity contribution < 1.29 is 9.53 Å². The normalized spacial score (nSPS) is 11.0. The molecular weight excluding hydrogens is 445 g/mol. The number of fused-ring (bicyclic) bond motifs is 1. The minimum Gasteiger partial charge on any atom is -0.465 e. The molecular formula is C12H6Br2ClN3O2S. The SMILES string of the molecule is COC(=O)c1cc(Cl)c2nnc(-c3cc(Br)sc3Br)n2c1. The summed E-state index contributed by atoms with van der Waals surface area (Å²) in [5.74, 6) is 0.121. The topological polar surface area (TPSA) is 56.5 Å². The first kappa shape index (κ1) is 15.0. The lowest BCUT2D eigenvalue weighted by molar-refractivity contribution is 0.0600. The lowest BCUT2D eigenvalue weighted by Gasteiger charge is -2.04. The van der Waals surface area contributed by atoms with Crippen molar-refractivity contribution in [2.75, 3.05) is 7.11 Å². The number of hydrogen-bond acceptors (Lipinski definition) is 5. The third-order valence-electron chi connectivity index (χ3n) is 2.78. The maximum atomic E-state index is 11.7. The Bertz CT molecular complexity index is 862. The van der Waals surface area contributed by atoms with Crippen LogP contribution in [0.4, 0.5) is 0 Å². The van der Waals surface area contributed by atoms with Crippen LogP contribution in [0.1, 0.15) is 10.4 Å². The maximum absolute atomic E-state index is 11.7. The number of ether oxygens (including phenoxy) is 1. The van der Waals surface area contributed by atoms with Crippen molar-refractivity contribution >= 4 is 66.4 Å². The largest absolute Gasteiger partial charge is 0.465 e. The Labute approximate surface area is 145 Å². The second-order valence-corrected chi connectivity index (χ2v) is 8.18. The van der Waals surface area contributed by atoms with Crippen LogP contribution in [0.2, 0.25) is 5.02 Å². The van der Waals surface area contributed by atoms with Crippen LogP contribution in [0.5, 0.6) is 0 Å². The molecule has 0 aliphatic heterocycles. The van der Waals surface area contributed by atoms with E-state index in [9.17, 15) is 4.79 Å². The van der Waals surface area contributed by atoms with Gasteiger partial charge in [0.25, 0.3) is 0 Å². The molecule has 3 aromatic heterocycles. The molecule has 108 valence electrons. The van der Waals surface area contributed by atoms with Crippen LogP contribution in [0.3, 0.4) is 0 Å². The van der Waals surface area contributed by atoms with Crippen LogP contribution < -0.4 is 0 Å². The monoisotopic (exact) mass is 449 g/mol. The Kier molecular flexibility index (Phi) is 4.04. The summed E-state index contributed by atoms with van der Waals surface area (Å²) >= 11 is 14.6. The zero-order valence-electron chi connectivity index (χ0n) is 10.4. The molecule has 21 heavy (non-hydrogen) atoms. The standard InChI is InChI=1S/C12H6Br2ClN3O2S/c1-20-12(19)5-2-7(15)11-17-16-10(18(11)4-5)6-3-8(13)21-9(6)14/h2-4H,1H3. The molecule has 3 aromatic rings. The van der Waals surface area contributed by atoms with E-state index in [1.807, 2.05) is 6.07 Å². The van der Waals surface area contributed by atoms with E-state index in [0.29, 0.717) is 22.1 Å². The van der Waals surface area contributed by atoms with Gasteiger partial charge < -0.3 is 4.74 Å². The Morgan fingerprint density at radius 2 is 2.14 bits per heavy atom. The van der Waals surface area contributed by atoms with E-state index in [2.05, 4.69) is 42.1 Å². The average molecular weight is 452 g/mol. The van der Waals surface area contributed by atoms with Gasteiger partial charge >= 0.3 is 5.97 Å². The van der Waals surface area contributed by atoms with E-state index in [4.69, 9.17) is 16.3 Å². The zero-order valence-corrected chi connectivity index (χ0v) is 15.2. The average Bonchev–Trinajstić information content (AvgIpc) is 3.01. The summed E-state index contributed by atoms with van der Waals surface area (Å²) in [5, 5.41) is 8.56. The number of nitrogens with zero attached hydrogens (tertiary/aromatic N) is 3. The quantitative estimate of drug-likeness (QED) is 0.541.